The Morgan fingerprint density at radius 1 is 1.00 bits per heavy atom. The molecule has 1 saturated carbocycles. The van der Waals surface area contributed by atoms with Gasteiger partial charge in [-0.1, -0.05) is 12.8 Å². The van der Waals surface area contributed by atoms with Gasteiger partial charge in [-0.05, 0) is 31.4 Å². The molecular weight excluding hydrogens is 302 g/mol. The summed E-state index contributed by atoms with van der Waals surface area (Å²) in [6.45, 7) is 1.54. The predicted octanol–water partition coefficient (Wildman–Crippen LogP) is 2.94. The maximum Gasteiger partial charge on any atom is 0.228 e. The first-order chi connectivity index (χ1) is 11.1. The Labute approximate surface area is 133 Å². The number of nitrogens with one attached hydrogen (secondary N) is 1. The maximum atomic E-state index is 13.1. The van der Waals surface area contributed by atoms with E-state index in [1.54, 1.807) is 0 Å². The zero-order chi connectivity index (χ0) is 16.4. The van der Waals surface area contributed by atoms with Crippen molar-refractivity contribution < 1.29 is 18.4 Å². The van der Waals surface area contributed by atoms with Crippen LogP contribution in [0.15, 0.2) is 18.2 Å². The van der Waals surface area contributed by atoms with Gasteiger partial charge in [0.2, 0.25) is 11.8 Å². The van der Waals surface area contributed by atoms with Crippen LogP contribution in [-0.2, 0) is 9.59 Å². The summed E-state index contributed by atoms with van der Waals surface area (Å²) in [5.74, 6) is -2.83. The Balaban J connectivity index is 1.55. The molecule has 6 heteroatoms. The van der Waals surface area contributed by atoms with Gasteiger partial charge in [-0.3, -0.25) is 9.59 Å². The number of benzene rings is 1. The number of amides is 2. The summed E-state index contributed by atoms with van der Waals surface area (Å²) >= 11 is 0. The number of hydrogen-bond donors (Lipinski definition) is 1. The van der Waals surface area contributed by atoms with Gasteiger partial charge in [0.15, 0.2) is 11.6 Å². The molecule has 2 aliphatic rings. The molecule has 2 amide bonds. The van der Waals surface area contributed by atoms with Gasteiger partial charge in [-0.25, -0.2) is 8.78 Å². The van der Waals surface area contributed by atoms with Crippen LogP contribution in [0.4, 0.5) is 14.5 Å². The molecule has 0 spiro atoms. The molecule has 1 heterocycles. The summed E-state index contributed by atoms with van der Waals surface area (Å²) in [5, 5.41) is 2.56. The van der Waals surface area contributed by atoms with Gasteiger partial charge in [0.25, 0.3) is 0 Å². The first-order valence-electron chi connectivity index (χ1n) is 8.11. The second-order valence-corrected chi connectivity index (χ2v) is 6.31. The van der Waals surface area contributed by atoms with E-state index in [0.717, 1.165) is 50.9 Å². The molecule has 0 bridgehead atoms. The van der Waals surface area contributed by atoms with E-state index in [9.17, 15) is 18.4 Å². The monoisotopic (exact) mass is 322 g/mol. The van der Waals surface area contributed by atoms with Gasteiger partial charge >= 0.3 is 0 Å². The fraction of sp³-hybridized carbons (Fsp3) is 0.529. The number of hydrogen-bond acceptors (Lipinski definition) is 2. The van der Waals surface area contributed by atoms with Crippen LogP contribution in [0.25, 0.3) is 0 Å². The molecule has 1 aromatic carbocycles. The highest BCUT2D eigenvalue weighted by molar-refractivity contribution is 5.99. The standard InChI is InChI=1S/C17H20F2N2O2/c18-14-6-5-11(9-15(14)19)20-16(22)12-10-13(12)17(23)21-7-3-1-2-4-8-21/h5-6,9,12-13H,1-4,7-8,10H2,(H,20,22). The lowest BCUT2D eigenvalue weighted by molar-refractivity contribution is -0.134. The second kappa shape index (κ2) is 6.64. The molecule has 2 unspecified atom stereocenters. The van der Waals surface area contributed by atoms with Crippen LogP contribution >= 0.6 is 0 Å². The Hall–Kier alpha value is -1.98. The Morgan fingerprint density at radius 3 is 2.35 bits per heavy atom. The van der Waals surface area contributed by atoms with Gasteiger partial charge in [-0.2, -0.15) is 0 Å². The van der Waals surface area contributed by atoms with E-state index in [1.807, 2.05) is 4.90 Å². The first kappa shape index (κ1) is 15.9. The number of halogens is 2. The fourth-order valence-corrected chi connectivity index (χ4v) is 3.09. The molecule has 4 nitrogen and oxygen atoms in total. The third-order valence-corrected chi connectivity index (χ3v) is 4.55. The summed E-state index contributed by atoms with van der Waals surface area (Å²) in [6.07, 6.45) is 4.86. The minimum atomic E-state index is -1.00. The average Bonchev–Trinajstić information content (AvgIpc) is 3.33. The van der Waals surface area contributed by atoms with Crippen molar-refractivity contribution in [2.24, 2.45) is 11.8 Å². The number of likely N-dealkylation sites (tertiary alicyclic amines) is 1. The van der Waals surface area contributed by atoms with E-state index in [1.165, 1.54) is 6.07 Å². The van der Waals surface area contributed by atoms with Crippen molar-refractivity contribution in [3.8, 4) is 0 Å². The molecule has 0 radical (unpaired) electrons. The van der Waals surface area contributed by atoms with E-state index in [4.69, 9.17) is 0 Å². The van der Waals surface area contributed by atoms with Crippen LogP contribution in [0, 0.1) is 23.5 Å². The highest BCUT2D eigenvalue weighted by Gasteiger charge is 2.49. The third-order valence-electron chi connectivity index (χ3n) is 4.55. The number of rotatable bonds is 3. The first-order valence-corrected chi connectivity index (χ1v) is 8.11. The highest BCUT2D eigenvalue weighted by Crippen LogP contribution is 2.41. The number of carbonyl (C=O) groups is 2. The molecule has 124 valence electrons. The highest BCUT2D eigenvalue weighted by atomic mass is 19.2. The van der Waals surface area contributed by atoms with Crippen LogP contribution < -0.4 is 5.32 Å². The summed E-state index contributed by atoms with van der Waals surface area (Å²) in [5.41, 5.74) is 0.210. The van der Waals surface area contributed by atoms with Crippen LogP contribution in [0.3, 0.4) is 0 Å². The molecular formula is C17H20F2N2O2. The lowest BCUT2D eigenvalue weighted by Crippen LogP contribution is -2.34. The Morgan fingerprint density at radius 2 is 1.70 bits per heavy atom. The topological polar surface area (TPSA) is 49.4 Å². The van der Waals surface area contributed by atoms with Crippen molar-refractivity contribution in [3.05, 3.63) is 29.8 Å². The maximum absolute atomic E-state index is 13.1. The van der Waals surface area contributed by atoms with E-state index >= 15 is 0 Å². The molecule has 1 saturated heterocycles. The van der Waals surface area contributed by atoms with Crippen molar-refractivity contribution in [3.63, 3.8) is 0 Å². The summed E-state index contributed by atoms with van der Waals surface area (Å²) in [7, 11) is 0. The minimum Gasteiger partial charge on any atom is -0.342 e. The average molecular weight is 322 g/mol. The second-order valence-electron chi connectivity index (χ2n) is 6.31. The van der Waals surface area contributed by atoms with Gasteiger partial charge < -0.3 is 10.2 Å². The van der Waals surface area contributed by atoms with Gasteiger partial charge in [-0.15, -0.1) is 0 Å². The van der Waals surface area contributed by atoms with Crippen molar-refractivity contribution in [1.82, 2.24) is 4.90 Å². The normalized spacial score (nSPS) is 24.0. The van der Waals surface area contributed by atoms with Crippen molar-refractivity contribution in [1.29, 1.82) is 0 Å². The van der Waals surface area contributed by atoms with E-state index in [2.05, 4.69) is 5.32 Å². The molecule has 1 N–H and O–H groups in total. The number of carbonyl (C=O) groups excluding carboxylic acids is 2. The summed E-state index contributed by atoms with van der Waals surface area (Å²) in [6, 6.07) is 3.23. The summed E-state index contributed by atoms with van der Waals surface area (Å²) in [4.78, 5) is 26.4. The largest absolute Gasteiger partial charge is 0.342 e. The number of nitrogens with zero attached hydrogens (tertiary/aromatic N) is 1. The lowest BCUT2D eigenvalue weighted by atomic mass is 10.2. The van der Waals surface area contributed by atoms with Crippen molar-refractivity contribution in [2.75, 3.05) is 18.4 Å². The van der Waals surface area contributed by atoms with Crippen LogP contribution in [0.5, 0.6) is 0 Å². The van der Waals surface area contributed by atoms with Gasteiger partial charge in [0, 0.05) is 24.8 Å². The van der Waals surface area contributed by atoms with E-state index in [0.29, 0.717) is 6.42 Å². The van der Waals surface area contributed by atoms with Crippen molar-refractivity contribution >= 4 is 17.5 Å². The molecule has 1 aliphatic heterocycles. The molecule has 3 rings (SSSR count). The zero-order valence-electron chi connectivity index (χ0n) is 12.9. The van der Waals surface area contributed by atoms with E-state index in [-0.39, 0.29) is 29.3 Å². The molecule has 23 heavy (non-hydrogen) atoms. The lowest BCUT2D eigenvalue weighted by Gasteiger charge is -2.20. The minimum absolute atomic E-state index is 0.0531. The number of anilines is 1. The fourth-order valence-electron chi connectivity index (χ4n) is 3.09. The quantitative estimate of drug-likeness (QED) is 0.930. The van der Waals surface area contributed by atoms with Crippen LogP contribution in [0.2, 0.25) is 0 Å². The summed E-state index contributed by atoms with van der Waals surface area (Å²) < 4.78 is 26.0. The smallest absolute Gasteiger partial charge is 0.228 e. The third kappa shape index (κ3) is 3.68. The molecule has 2 atom stereocenters. The molecule has 0 aromatic heterocycles. The molecule has 2 fully saturated rings. The zero-order valence-corrected chi connectivity index (χ0v) is 12.9. The molecule has 1 aromatic rings. The van der Waals surface area contributed by atoms with Crippen LogP contribution in [0.1, 0.15) is 32.1 Å². The van der Waals surface area contributed by atoms with Crippen LogP contribution in [-0.4, -0.2) is 29.8 Å². The SMILES string of the molecule is O=C(Nc1ccc(F)c(F)c1)C1CC1C(=O)N1CCCCCC1. The predicted molar refractivity (Wildman–Crippen MR) is 81.6 cm³/mol. The van der Waals surface area contributed by atoms with Gasteiger partial charge in [0.05, 0.1) is 11.8 Å². The molecule has 1 aliphatic carbocycles. The van der Waals surface area contributed by atoms with E-state index < -0.39 is 11.6 Å². The van der Waals surface area contributed by atoms with Gasteiger partial charge in [0.1, 0.15) is 0 Å². The Kier molecular flexibility index (Phi) is 4.59. The Bertz CT molecular complexity index is 613. The van der Waals surface area contributed by atoms with Crippen molar-refractivity contribution in [2.45, 2.75) is 32.1 Å².